The minimum Gasteiger partial charge on any atom is -0.459 e. The fraction of sp³-hybridized carbons (Fsp3) is 0.450. The van der Waals surface area contributed by atoms with Gasteiger partial charge in [-0.1, -0.05) is 13.8 Å². The van der Waals surface area contributed by atoms with Crippen molar-refractivity contribution in [1.29, 1.82) is 0 Å². The number of furan rings is 1. The van der Waals surface area contributed by atoms with Gasteiger partial charge in [-0.15, -0.1) is 0 Å². The average molecular weight is 379 g/mol. The Hall–Kier alpha value is -2.44. The number of alkyl halides is 3. The van der Waals surface area contributed by atoms with Crippen LogP contribution in [-0.2, 0) is 6.18 Å². The molecule has 1 aromatic heterocycles. The molecular formula is C20H22F3N2O2. The molecule has 7 heteroatoms. The quantitative estimate of drug-likeness (QED) is 0.784. The minimum absolute atomic E-state index is 0.0645. The Morgan fingerprint density at radius 3 is 2.59 bits per heavy atom. The van der Waals surface area contributed by atoms with Crippen LogP contribution < -0.4 is 4.90 Å². The SMILES string of the molecule is CC(C)c1[c]c(C(F)(F)F)cc(N2CCN(C(=O)c3ccco3)C(C)C2)c1. The molecule has 3 rings (SSSR count). The summed E-state index contributed by atoms with van der Waals surface area (Å²) in [6.45, 7) is 6.89. The lowest BCUT2D eigenvalue weighted by molar-refractivity contribution is -0.137. The number of benzene rings is 1. The number of anilines is 1. The predicted molar refractivity (Wildman–Crippen MR) is 95.8 cm³/mol. The van der Waals surface area contributed by atoms with Gasteiger partial charge in [-0.3, -0.25) is 4.79 Å². The van der Waals surface area contributed by atoms with Crippen molar-refractivity contribution in [2.45, 2.75) is 38.9 Å². The summed E-state index contributed by atoms with van der Waals surface area (Å²) in [4.78, 5) is 16.1. The lowest BCUT2D eigenvalue weighted by Gasteiger charge is -2.41. The van der Waals surface area contributed by atoms with E-state index in [-0.39, 0.29) is 23.6 Å². The Labute approximate surface area is 156 Å². The summed E-state index contributed by atoms with van der Waals surface area (Å²) >= 11 is 0. The van der Waals surface area contributed by atoms with E-state index in [4.69, 9.17) is 4.42 Å². The molecule has 0 aliphatic carbocycles. The molecule has 0 spiro atoms. The highest BCUT2D eigenvalue weighted by atomic mass is 19.4. The molecule has 1 aliphatic rings. The lowest BCUT2D eigenvalue weighted by atomic mass is 9.98. The van der Waals surface area contributed by atoms with Gasteiger partial charge in [0.05, 0.1) is 11.8 Å². The maximum atomic E-state index is 13.3. The number of nitrogens with zero attached hydrogens (tertiary/aromatic N) is 2. The molecule has 1 aliphatic heterocycles. The Morgan fingerprint density at radius 2 is 2.04 bits per heavy atom. The third kappa shape index (κ3) is 4.12. The van der Waals surface area contributed by atoms with Crippen molar-refractivity contribution in [2.24, 2.45) is 0 Å². The van der Waals surface area contributed by atoms with Gasteiger partial charge in [-0.05, 0) is 48.7 Å². The number of piperazine rings is 1. The third-order valence-electron chi connectivity index (χ3n) is 4.79. The molecule has 0 bridgehead atoms. The van der Waals surface area contributed by atoms with E-state index < -0.39 is 11.7 Å². The van der Waals surface area contributed by atoms with Crippen LogP contribution in [0.3, 0.4) is 0 Å². The molecule has 0 N–H and O–H groups in total. The molecule has 27 heavy (non-hydrogen) atoms. The van der Waals surface area contributed by atoms with E-state index in [9.17, 15) is 18.0 Å². The van der Waals surface area contributed by atoms with Crippen molar-refractivity contribution in [3.05, 3.63) is 53.5 Å². The summed E-state index contributed by atoms with van der Waals surface area (Å²) in [6.07, 6.45) is -3.00. The van der Waals surface area contributed by atoms with E-state index in [1.165, 1.54) is 6.26 Å². The molecule has 0 saturated carbocycles. The fourth-order valence-corrected chi connectivity index (χ4v) is 3.26. The molecule has 1 amide bonds. The van der Waals surface area contributed by atoms with E-state index in [0.29, 0.717) is 30.9 Å². The highest BCUT2D eigenvalue weighted by Gasteiger charge is 2.34. The minimum atomic E-state index is -4.44. The zero-order valence-corrected chi connectivity index (χ0v) is 15.5. The second kappa shape index (κ2) is 7.29. The lowest BCUT2D eigenvalue weighted by Crippen LogP contribution is -2.54. The van der Waals surface area contributed by atoms with E-state index >= 15 is 0 Å². The first-order chi connectivity index (χ1) is 12.7. The zero-order valence-electron chi connectivity index (χ0n) is 15.5. The van der Waals surface area contributed by atoms with Gasteiger partial charge in [0.15, 0.2) is 5.76 Å². The molecule has 1 fully saturated rings. The van der Waals surface area contributed by atoms with Crippen LogP contribution in [0.2, 0.25) is 0 Å². The molecule has 4 nitrogen and oxygen atoms in total. The Morgan fingerprint density at radius 1 is 1.30 bits per heavy atom. The second-order valence-corrected chi connectivity index (χ2v) is 7.13. The van der Waals surface area contributed by atoms with Gasteiger partial charge in [0.25, 0.3) is 5.91 Å². The standard InChI is InChI=1S/C20H22F3N2O2/c1-13(2)15-9-16(20(21,22)23)11-17(10-15)24-6-7-25(14(3)12-24)19(26)18-5-4-8-27-18/h4-5,8,10-11,13-14H,6-7,12H2,1-3H3. The van der Waals surface area contributed by atoms with Crippen LogP contribution in [0.5, 0.6) is 0 Å². The number of halogens is 3. The van der Waals surface area contributed by atoms with Crippen LogP contribution in [0, 0.1) is 6.07 Å². The van der Waals surface area contributed by atoms with Crippen molar-refractivity contribution in [3.8, 4) is 0 Å². The van der Waals surface area contributed by atoms with Crippen molar-refractivity contribution < 1.29 is 22.4 Å². The Bertz CT molecular complexity index is 800. The van der Waals surface area contributed by atoms with Crippen LogP contribution >= 0.6 is 0 Å². The Balaban J connectivity index is 1.82. The first kappa shape index (κ1) is 19.3. The highest BCUT2D eigenvalue weighted by molar-refractivity contribution is 5.91. The first-order valence-corrected chi connectivity index (χ1v) is 8.90. The van der Waals surface area contributed by atoms with Crippen LogP contribution in [0.1, 0.15) is 48.4 Å². The van der Waals surface area contributed by atoms with Gasteiger partial charge in [0.1, 0.15) is 0 Å². The number of carbonyl (C=O) groups excluding carboxylic acids is 1. The molecule has 1 unspecified atom stereocenters. The number of carbonyl (C=O) groups is 1. The van der Waals surface area contributed by atoms with Crippen LogP contribution in [0.15, 0.2) is 34.9 Å². The largest absolute Gasteiger partial charge is 0.459 e. The van der Waals surface area contributed by atoms with Crippen molar-refractivity contribution in [2.75, 3.05) is 24.5 Å². The van der Waals surface area contributed by atoms with Gasteiger partial charge in [-0.25, -0.2) is 0 Å². The van der Waals surface area contributed by atoms with Crippen LogP contribution in [0.4, 0.5) is 18.9 Å². The van der Waals surface area contributed by atoms with Crippen LogP contribution in [-0.4, -0.2) is 36.5 Å². The molecule has 1 aromatic carbocycles. The number of hydrogen-bond donors (Lipinski definition) is 0. The molecule has 1 radical (unpaired) electrons. The Kier molecular flexibility index (Phi) is 5.22. The smallest absolute Gasteiger partial charge is 0.417 e. The van der Waals surface area contributed by atoms with Gasteiger partial charge < -0.3 is 14.2 Å². The van der Waals surface area contributed by atoms with E-state index in [1.54, 1.807) is 23.1 Å². The summed E-state index contributed by atoms with van der Waals surface area (Å²) in [5.74, 6) is 0.00347. The number of hydrogen-bond acceptors (Lipinski definition) is 3. The topological polar surface area (TPSA) is 36.7 Å². The van der Waals surface area contributed by atoms with Crippen molar-refractivity contribution >= 4 is 11.6 Å². The molecule has 145 valence electrons. The molecule has 1 saturated heterocycles. The van der Waals surface area contributed by atoms with Gasteiger partial charge in [0.2, 0.25) is 0 Å². The zero-order chi connectivity index (χ0) is 19.8. The predicted octanol–water partition coefficient (Wildman–Crippen LogP) is 4.57. The van der Waals surface area contributed by atoms with Crippen LogP contribution in [0.25, 0.3) is 0 Å². The molecule has 2 aromatic rings. The van der Waals surface area contributed by atoms with Gasteiger partial charge in [0, 0.05) is 31.4 Å². The summed E-state index contributed by atoms with van der Waals surface area (Å²) < 4.78 is 45.0. The first-order valence-electron chi connectivity index (χ1n) is 8.90. The number of amides is 1. The summed E-state index contributed by atoms with van der Waals surface area (Å²) in [5, 5.41) is 0. The van der Waals surface area contributed by atoms with E-state index in [1.807, 2.05) is 25.7 Å². The van der Waals surface area contributed by atoms with Crippen molar-refractivity contribution in [3.63, 3.8) is 0 Å². The van der Waals surface area contributed by atoms with E-state index in [2.05, 4.69) is 6.07 Å². The summed E-state index contributed by atoms with van der Waals surface area (Å²) in [7, 11) is 0. The average Bonchev–Trinajstić information content (AvgIpc) is 3.14. The fourth-order valence-electron chi connectivity index (χ4n) is 3.26. The maximum Gasteiger partial charge on any atom is 0.417 e. The van der Waals surface area contributed by atoms with Gasteiger partial charge >= 0.3 is 6.18 Å². The molecule has 2 heterocycles. The summed E-state index contributed by atoms with van der Waals surface area (Å²) in [5.41, 5.74) is 0.286. The highest BCUT2D eigenvalue weighted by Crippen LogP contribution is 2.35. The monoisotopic (exact) mass is 379 g/mol. The van der Waals surface area contributed by atoms with E-state index in [0.717, 1.165) is 6.07 Å². The third-order valence-corrected chi connectivity index (χ3v) is 4.79. The van der Waals surface area contributed by atoms with Crippen molar-refractivity contribution in [1.82, 2.24) is 4.90 Å². The molecule has 1 atom stereocenters. The normalized spacial score (nSPS) is 18.3. The van der Waals surface area contributed by atoms with Gasteiger partial charge in [-0.2, -0.15) is 13.2 Å². The summed E-state index contributed by atoms with van der Waals surface area (Å²) in [6, 6.07) is 8.50. The molecular weight excluding hydrogens is 357 g/mol. The number of rotatable bonds is 3. The maximum absolute atomic E-state index is 13.3. The second-order valence-electron chi connectivity index (χ2n) is 7.13.